The topological polar surface area (TPSA) is 41.1 Å². The van der Waals surface area contributed by atoms with Gasteiger partial charge in [0.2, 0.25) is 5.91 Å². The summed E-state index contributed by atoms with van der Waals surface area (Å²) in [6, 6.07) is 26.3. The molecule has 3 heteroatoms. The number of amides is 1. The van der Waals surface area contributed by atoms with Gasteiger partial charge in [-0.05, 0) is 48.7 Å². The highest BCUT2D eigenvalue weighted by molar-refractivity contribution is 5.92. The van der Waals surface area contributed by atoms with E-state index in [-0.39, 0.29) is 5.91 Å². The normalized spacial score (nSPS) is 10.3. The van der Waals surface area contributed by atoms with Crippen LogP contribution in [0.15, 0.2) is 78.9 Å². The summed E-state index contributed by atoms with van der Waals surface area (Å²) in [5, 5.41) is 6.35. The third kappa shape index (κ3) is 5.49. The second-order valence-electron chi connectivity index (χ2n) is 6.45. The molecule has 2 N–H and O–H groups in total. The van der Waals surface area contributed by atoms with Crippen molar-refractivity contribution in [3.8, 4) is 0 Å². The van der Waals surface area contributed by atoms with Crippen LogP contribution in [0, 0.1) is 6.92 Å². The molecule has 0 aliphatic rings. The predicted octanol–water partition coefficient (Wildman–Crippen LogP) is 4.83. The first kappa shape index (κ1) is 17.7. The van der Waals surface area contributed by atoms with Gasteiger partial charge in [0.25, 0.3) is 0 Å². The Labute approximate surface area is 155 Å². The van der Waals surface area contributed by atoms with Crippen molar-refractivity contribution < 1.29 is 4.79 Å². The molecule has 0 heterocycles. The van der Waals surface area contributed by atoms with E-state index in [2.05, 4.69) is 34.9 Å². The molecule has 0 saturated carbocycles. The minimum Gasteiger partial charge on any atom is -0.385 e. The van der Waals surface area contributed by atoms with Crippen LogP contribution in [-0.2, 0) is 17.6 Å². The van der Waals surface area contributed by atoms with Crippen molar-refractivity contribution in [2.24, 2.45) is 0 Å². The van der Waals surface area contributed by atoms with Crippen LogP contribution in [0.25, 0.3) is 0 Å². The molecular formula is C23H24N2O. The predicted molar refractivity (Wildman–Crippen MR) is 109 cm³/mol. The van der Waals surface area contributed by atoms with Crippen LogP contribution >= 0.6 is 0 Å². The fourth-order valence-electron chi connectivity index (χ4n) is 2.76. The van der Waals surface area contributed by atoms with Gasteiger partial charge in [0.15, 0.2) is 0 Å². The van der Waals surface area contributed by atoms with Gasteiger partial charge in [-0.1, -0.05) is 60.2 Å². The second kappa shape index (κ2) is 8.86. The standard InChI is InChI=1S/C23H24N2O/c1-18-7-9-20(10-8-18)17-23(26)25-22-13-11-21(12-14-22)24-16-15-19-5-3-2-4-6-19/h2-14,24H,15-17H2,1H3,(H,25,26). The summed E-state index contributed by atoms with van der Waals surface area (Å²) >= 11 is 0. The molecule has 1 amide bonds. The van der Waals surface area contributed by atoms with Gasteiger partial charge < -0.3 is 10.6 Å². The summed E-state index contributed by atoms with van der Waals surface area (Å²) in [4.78, 5) is 12.2. The highest BCUT2D eigenvalue weighted by Crippen LogP contribution is 2.14. The van der Waals surface area contributed by atoms with Crippen molar-refractivity contribution in [1.82, 2.24) is 0 Å². The van der Waals surface area contributed by atoms with Crippen molar-refractivity contribution in [3.05, 3.63) is 95.6 Å². The Kier molecular flexibility index (Phi) is 6.05. The number of hydrogen-bond donors (Lipinski definition) is 2. The highest BCUT2D eigenvalue weighted by atomic mass is 16.1. The summed E-state index contributed by atoms with van der Waals surface area (Å²) in [5.74, 6) is -0.00126. The van der Waals surface area contributed by atoms with Crippen LogP contribution in [0.3, 0.4) is 0 Å². The van der Waals surface area contributed by atoms with Crippen LogP contribution < -0.4 is 10.6 Å². The van der Waals surface area contributed by atoms with Crippen LogP contribution in [-0.4, -0.2) is 12.5 Å². The molecule has 3 aromatic carbocycles. The molecule has 26 heavy (non-hydrogen) atoms. The third-order valence-electron chi connectivity index (χ3n) is 4.24. The van der Waals surface area contributed by atoms with E-state index in [1.807, 2.05) is 61.5 Å². The maximum atomic E-state index is 12.2. The summed E-state index contributed by atoms with van der Waals surface area (Å²) in [7, 11) is 0. The summed E-state index contributed by atoms with van der Waals surface area (Å²) in [6.07, 6.45) is 1.37. The number of hydrogen-bond acceptors (Lipinski definition) is 2. The molecule has 0 radical (unpaired) electrons. The van der Waals surface area contributed by atoms with Crippen molar-refractivity contribution >= 4 is 17.3 Å². The molecular weight excluding hydrogens is 320 g/mol. The molecule has 0 aliphatic heterocycles. The van der Waals surface area contributed by atoms with Crippen molar-refractivity contribution in [2.75, 3.05) is 17.2 Å². The minimum atomic E-state index is -0.00126. The smallest absolute Gasteiger partial charge is 0.228 e. The van der Waals surface area contributed by atoms with E-state index in [1.165, 1.54) is 11.1 Å². The van der Waals surface area contributed by atoms with E-state index < -0.39 is 0 Å². The number of carbonyl (C=O) groups is 1. The first-order valence-corrected chi connectivity index (χ1v) is 8.92. The highest BCUT2D eigenvalue weighted by Gasteiger charge is 2.04. The lowest BCUT2D eigenvalue weighted by Crippen LogP contribution is -2.14. The van der Waals surface area contributed by atoms with Gasteiger partial charge >= 0.3 is 0 Å². The number of anilines is 2. The van der Waals surface area contributed by atoms with E-state index in [9.17, 15) is 4.79 Å². The van der Waals surface area contributed by atoms with E-state index in [4.69, 9.17) is 0 Å². The van der Waals surface area contributed by atoms with Crippen LogP contribution in [0.2, 0.25) is 0 Å². The van der Waals surface area contributed by atoms with Gasteiger partial charge in [-0.25, -0.2) is 0 Å². The Morgan fingerprint density at radius 2 is 1.42 bits per heavy atom. The van der Waals surface area contributed by atoms with Gasteiger partial charge in [0, 0.05) is 17.9 Å². The maximum Gasteiger partial charge on any atom is 0.228 e. The lowest BCUT2D eigenvalue weighted by Gasteiger charge is -2.09. The minimum absolute atomic E-state index is 0.00126. The van der Waals surface area contributed by atoms with Crippen molar-refractivity contribution in [3.63, 3.8) is 0 Å². The van der Waals surface area contributed by atoms with Crippen LogP contribution in [0.1, 0.15) is 16.7 Å². The van der Waals surface area contributed by atoms with Gasteiger partial charge in [-0.15, -0.1) is 0 Å². The average molecular weight is 344 g/mol. The number of nitrogens with one attached hydrogen (secondary N) is 2. The maximum absolute atomic E-state index is 12.2. The summed E-state index contributed by atoms with van der Waals surface area (Å²) in [6.45, 7) is 2.92. The van der Waals surface area contributed by atoms with Crippen LogP contribution in [0.4, 0.5) is 11.4 Å². The molecule has 0 spiro atoms. The zero-order valence-electron chi connectivity index (χ0n) is 15.0. The largest absolute Gasteiger partial charge is 0.385 e. The lowest BCUT2D eigenvalue weighted by molar-refractivity contribution is -0.115. The third-order valence-corrected chi connectivity index (χ3v) is 4.24. The van der Waals surface area contributed by atoms with Crippen molar-refractivity contribution in [2.45, 2.75) is 19.8 Å². The molecule has 132 valence electrons. The summed E-state index contributed by atoms with van der Waals surface area (Å²) < 4.78 is 0. The van der Waals surface area contributed by atoms with E-state index in [0.717, 1.165) is 29.9 Å². The molecule has 3 nitrogen and oxygen atoms in total. The monoisotopic (exact) mass is 344 g/mol. The SMILES string of the molecule is Cc1ccc(CC(=O)Nc2ccc(NCCc3ccccc3)cc2)cc1. The molecule has 0 saturated heterocycles. The lowest BCUT2D eigenvalue weighted by atomic mass is 10.1. The van der Waals surface area contributed by atoms with Gasteiger partial charge in [0.05, 0.1) is 6.42 Å². The zero-order valence-corrected chi connectivity index (χ0v) is 15.0. The Balaban J connectivity index is 1.46. The first-order chi connectivity index (χ1) is 12.7. The molecule has 0 aliphatic carbocycles. The van der Waals surface area contributed by atoms with E-state index in [0.29, 0.717) is 6.42 Å². The Morgan fingerprint density at radius 1 is 0.769 bits per heavy atom. The molecule has 3 rings (SSSR count). The average Bonchev–Trinajstić information content (AvgIpc) is 2.66. The molecule has 0 unspecified atom stereocenters. The molecule has 0 bridgehead atoms. The fraction of sp³-hybridized carbons (Fsp3) is 0.174. The molecule has 0 fully saturated rings. The number of rotatable bonds is 7. The quantitative estimate of drug-likeness (QED) is 0.644. The Hall–Kier alpha value is -3.07. The second-order valence-corrected chi connectivity index (χ2v) is 6.45. The first-order valence-electron chi connectivity index (χ1n) is 8.92. The number of carbonyl (C=O) groups excluding carboxylic acids is 1. The molecule has 0 atom stereocenters. The summed E-state index contributed by atoms with van der Waals surface area (Å²) in [5.41, 5.74) is 5.41. The zero-order chi connectivity index (χ0) is 18.2. The van der Waals surface area contributed by atoms with Gasteiger partial charge in [0.1, 0.15) is 0 Å². The molecule has 0 aromatic heterocycles. The van der Waals surface area contributed by atoms with E-state index >= 15 is 0 Å². The Bertz CT molecular complexity index is 824. The van der Waals surface area contributed by atoms with Crippen molar-refractivity contribution in [1.29, 1.82) is 0 Å². The number of aryl methyl sites for hydroxylation is 1. The number of benzene rings is 3. The van der Waals surface area contributed by atoms with Crippen LogP contribution in [0.5, 0.6) is 0 Å². The fourth-order valence-corrected chi connectivity index (χ4v) is 2.76. The molecule has 3 aromatic rings. The van der Waals surface area contributed by atoms with E-state index in [1.54, 1.807) is 0 Å². The van der Waals surface area contributed by atoms with Gasteiger partial charge in [-0.2, -0.15) is 0 Å². The Morgan fingerprint density at radius 3 is 2.12 bits per heavy atom. The van der Waals surface area contributed by atoms with Gasteiger partial charge in [-0.3, -0.25) is 4.79 Å².